The standard InChI is InChI=1S/C24H21P/c1-2-10-21(9-1)25-15-19-7-3-5-17-11-13-24(22(17)19)14-12-18-6-4-8-20(16-25)23(18)24/h1-9H,11-16H2. The number of aryl methyl sites for hydroxylation is 2. The van der Waals surface area contributed by atoms with Crippen molar-refractivity contribution in [2.24, 2.45) is 0 Å². The monoisotopic (exact) mass is 340 g/mol. The average Bonchev–Trinajstić information content (AvgIpc) is 3.35. The highest BCUT2D eigenvalue weighted by molar-refractivity contribution is 7.60. The fourth-order valence-corrected chi connectivity index (χ4v) is 8.17. The highest BCUT2D eigenvalue weighted by Gasteiger charge is 2.48. The molecule has 1 heteroatoms. The summed E-state index contributed by atoms with van der Waals surface area (Å²) >= 11 is 0. The second-order valence-electron chi connectivity index (χ2n) is 7.90. The van der Waals surface area contributed by atoms with E-state index in [0.717, 1.165) is 0 Å². The van der Waals surface area contributed by atoms with Crippen molar-refractivity contribution in [3.05, 3.63) is 99.1 Å². The van der Waals surface area contributed by atoms with Gasteiger partial charge in [-0.3, -0.25) is 0 Å². The zero-order chi connectivity index (χ0) is 16.4. The molecule has 4 aliphatic rings. The molecule has 2 aromatic carbocycles. The number of hydrogen-bond donors (Lipinski definition) is 0. The average molecular weight is 340 g/mol. The minimum absolute atomic E-state index is 0.213. The Labute approximate surface area is 150 Å². The molecule has 0 saturated heterocycles. The summed E-state index contributed by atoms with van der Waals surface area (Å²) in [6.07, 6.45) is 14.2. The number of hydrogen-bond acceptors (Lipinski definition) is 0. The zero-order valence-corrected chi connectivity index (χ0v) is 15.3. The Hall–Kier alpha value is -1.87. The quantitative estimate of drug-likeness (QED) is 0.443. The Bertz CT molecular complexity index is 937. The topological polar surface area (TPSA) is 0 Å². The third-order valence-electron chi connectivity index (χ3n) is 6.72. The summed E-state index contributed by atoms with van der Waals surface area (Å²) < 4.78 is 0. The van der Waals surface area contributed by atoms with Crippen molar-refractivity contribution >= 4 is 7.92 Å². The Morgan fingerprint density at radius 2 is 1.40 bits per heavy atom. The maximum absolute atomic E-state index is 3.53. The first-order valence-corrected chi connectivity index (χ1v) is 11.2. The van der Waals surface area contributed by atoms with Gasteiger partial charge in [0.1, 0.15) is 0 Å². The minimum atomic E-state index is -0.213. The van der Waals surface area contributed by atoms with E-state index in [-0.39, 0.29) is 7.92 Å². The van der Waals surface area contributed by atoms with Crippen LogP contribution in [-0.2, 0) is 30.6 Å². The lowest BCUT2D eigenvalue weighted by molar-refractivity contribution is 0.501. The second-order valence-corrected chi connectivity index (χ2v) is 10.1. The Morgan fingerprint density at radius 3 is 1.96 bits per heavy atom. The second kappa shape index (κ2) is 5.07. The summed E-state index contributed by atoms with van der Waals surface area (Å²) in [4.78, 5) is 0. The van der Waals surface area contributed by atoms with Crippen molar-refractivity contribution < 1.29 is 0 Å². The molecular formula is C24H21P. The molecule has 0 nitrogen and oxygen atoms in total. The van der Waals surface area contributed by atoms with Gasteiger partial charge < -0.3 is 0 Å². The molecule has 1 spiro atoms. The largest absolute Gasteiger partial charge is 0.112 e. The molecule has 0 fully saturated rings. The van der Waals surface area contributed by atoms with E-state index in [1.165, 1.54) is 43.3 Å². The van der Waals surface area contributed by atoms with E-state index >= 15 is 0 Å². The van der Waals surface area contributed by atoms with Gasteiger partial charge in [0, 0.05) is 10.7 Å². The molecule has 1 aliphatic heterocycles. The molecule has 1 heterocycles. The summed E-state index contributed by atoms with van der Waals surface area (Å²) in [5, 5.41) is 1.45. The van der Waals surface area contributed by atoms with Gasteiger partial charge in [-0.05, 0) is 83.5 Å². The van der Waals surface area contributed by atoms with Gasteiger partial charge in [-0.25, -0.2) is 0 Å². The van der Waals surface area contributed by atoms with E-state index in [0.29, 0.717) is 5.41 Å². The summed E-state index contributed by atoms with van der Waals surface area (Å²) in [6.45, 7) is 0. The van der Waals surface area contributed by atoms with Crippen molar-refractivity contribution in [2.75, 3.05) is 0 Å². The predicted molar refractivity (Wildman–Crippen MR) is 105 cm³/mol. The van der Waals surface area contributed by atoms with Gasteiger partial charge in [0.25, 0.3) is 0 Å². The number of allylic oxidation sites excluding steroid dienone is 3. The van der Waals surface area contributed by atoms with Crippen LogP contribution in [0.25, 0.3) is 0 Å². The third kappa shape index (κ3) is 1.88. The van der Waals surface area contributed by atoms with E-state index in [4.69, 9.17) is 0 Å². The van der Waals surface area contributed by atoms with Gasteiger partial charge in [0.05, 0.1) is 0 Å². The first-order chi connectivity index (χ1) is 12.4. The van der Waals surface area contributed by atoms with Gasteiger partial charge in [-0.2, -0.15) is 0 Å². The van der Waals surface area contributed by atoms with Crippen LogP contribution in [0.4, 0.5) is 0 Å². The van der Waals surface area contributed by atoms with Crippen LogP contribution in [0.5, 0.6) is 0 Å². The van der Waals surface area contributed by atoms with Crippen LogP contribution in [0, 0.1) is 0 Å². The van der Waals surface area contributed by atoms with Crippen LogP contribution in [0.3, 0.4) is 0 Å². The predicted octanol–water partition coefficient (Wildman–Crippen LogP) is 5.97. The van der Waals surface area contributed by atoms with Crippen molar-refractivity contribution in [1.29, 1.82) is 0 Å². The smallest absolute Gasteiger partial charge is 0.0220 e. The van der Waals surface area contributed by atoms with Gasteiger partial charge >= 0.3 is 0 Å². The molecule has 3 aliphatic carbocycles. The van der Waals surface area contributed by atoms with Crippen molar-refractivity contribution in [2.45, 2.75) is 43.4 Å². The van der Waals surface area contributed by atoms with Crippen LogP contribution in [-0.4, -0.2) is 0 Å². The van der Waals surface area contributed by atoms with Crippen molar-refractivity contribution in [3.63, 3.8) is 0 Å². The Kier molecular flexibility index (Phi) is 2.91. The van der Waals surface area contributed by atoms with Crippen LogP contribution in [0.1, 0.15) is 46.2 Å². The molecule has 0 bridgehead atoms. The summed E-state index contributed by atoms with van der Waals surface area (Å²) in [5.41, 5.74) is 13.8. The third-order valence-corrected chi connectivity index (χ3v) is 9.12. The van der Waals surface area contributed by atoms with Gasteiger partial charge in [-0.15, -0.1) is 5.73 Å². The van der Waals surface area contributed by atoms with Gasteiger partial charge in [0.2, 0.25) is 0 Å². The van der Waals surface area contributed by atoms with E-state index < -0.39 is 0 Å². The molecule has 6 rings (SSSR count). The maximum atomic E-state index is 3.53. The number of benzene rings is 2. The fourth-order valence-electron chi connectivity index (χ4n) is 5.82. The summed E-state index contributed by atoms with van der Waals surface area (Å²) in [7, 11) is -0.213. The summed E-state index contributed by atoms with van der Waals surface area (Å²) in [6, 6.07) is 14.3. The molecule has 0 unspecified atom stereocenters. The van der Waals surface area contributed by atoms with E-state index in [9.17, 15) is 0 Å². The lowest BCUT2D eigenvalue weighted by Gasteiger charge is -2.35. The molecule has 0 aromatic heterocycles. The lowest BCUT2D eigenvalue weighted by atomic mass is 9.73. The minimum Gasteiger partial charge on any atom is -0.112 e. The van der Waals surface area contributed by atoms with E-state index in [1.54, 1.807) is 33.4 Å². The fraction of sp³-hybridized carbons (Fsp3) is 0.292. The summed E-state index contributed by atoms with van der Waals surface area (Å²) in [5.74, 6) is 0. The Balaban J connectivity index is 1.65. The first-order valence-electron chi connectivity index (χ1n) is 9.46. The molecule has 25 heavy (non-hydrogen) atoms. The van der Waals surface area contributed by atoms with Crippen LogP contribution < -0.4 is 0 Å². The highest BCUT2D eigenvalue weighted by Crippen LogP contribution is 2.61. The molecule has 2 aromatic rings. The Morgan fingerprint density at radius 1 is 0.800 bits per heavy atom. The van der Waals surface area contributed by atoms with E-state index in [1.807, 2.05) is 0 Å². The SMILES string of the molecule is C1=CC=CC=1P1Cc2cccc3c2C2(CC3)CCc3cccc(c32)C1. The van der Waals surface area contributed by atoms with Gasteiger partial charge in [0.15, 0.2) is 0 Å². The van der Waals surface area contributed by atoms with Crippen LogP contribution >= 0.6 is 7.92 Å². The molecule has 0 saturated carbocycles. The molecule has 0 N–H and O–H groups in total. The zero-order valence-electron chi connectivity index (χ0n) is 14.4. The van der Waals surface area contributed by atoms with Crippen LogP contribution in [0.2, 0.25) is 0 Å². The first kappa shape index (κ1) is 14.3. The normalized spacial score (nSPS) is 21.7. The molecular weight excluding hydrogens is 319 g/mol. The molecule has 0 amide bonds. The van der Waals surface area contributed by atoms with Crippen molar-refractivity contribution in [3.8, 4) is 0 Å². The van der Waals surface area contributed by atoms with Gasteiger partial charge in [-0.1, -0.05) is 50.4 Å². The number of rotatable bonds is 1. The highest BCUT2D eigenvalue weighted by atomic mass is 31.1. The van der Waals surface area contributed by atoms with Crippen LogP contribution in [0.15, 0.2) is 65.7 Å². The lowest BCUT2D eigenvalue weighted by Crippen LogP contribution is -2.25. The molecule has 122 valence electrons. The maximum Gasteiger partial charge on any atom is 0.0220 e. The molecule has 0 radical (unpaired) electrons. The van der Waals surface area contributed by atoms with Crippen molar-refractivity contribution in [1.82, 2.24) is 0 Å². The molecule has 0 atom stereocenters. The van der Waals surface area contributed by atoms with E-state index in [2.05, 4.69) is 60.4 Å².